The first-order valence-electron chi connectivity index (χ1n) is 10.3. The summed E-state index contributed by atoms with van der Waals surface area (Å²) in [5.41, 5.74) is 3.40. The Hall–Kier alpha value is -3.02. The average Bonchev–Trinajstić information content (AvgIpc) is 2.73. The van der Waals surface area contributed by atoms with Crippen LogP contribution < -0.4 is 20.4 Å². The smallest absolute Gasteiger partial charge is 0.251 e. The molecule has 0 spiro atoms. The van der Waals surface area contributed by atoms with Crippen LogP contribution in [0.5, 0.6) is 0 Å². The second-order valence-electron chi connectivity index (χ2n) is 7.42. The van der Waals surface area contributed by atoms with Gasteiger partial charge in [0.15, 0.2) is 0 Å². The van der Waals surface area contributed by atoms with E-state index in [9.17, 15) is 9.59 Å². The van der Waals surface area contributed by atoms with Gasteiger partial charge >= 0.3 is 0 Å². The molecule has 0 radical (unpaired) electrons. The van der Waals surface area contributed by atoms with E-state index < -0.39 is 0 Å². The molecule has 6 nitrogen and oxygen atoms in total. The third-order valence-electron chi connectivity index (χ3n) is 5.12. The van der Waals surface area contributed by atoms with E-state index in [2.05, 4.69) is 46.7 Å². The molecule has 0 atom stereocenters. The van der Waals surface area contributed by atoms with Crippen molar-refractivity contribution in [1.29, 1.82) is 0 Å². The molecule has 0 unspecified atom stereocenters. The van der Waals surface area contributed by atoms with E-state index in [4.69, 9.17) is 0 Å². The van der Waals surface area contributed by atoms with Gasteiger partial charge in [0.2, 0.25) is 5.91 Å². The highest BCUT2D eigenvalue weighted by Crippen LogP contribution is 2.29. The number of nitrogens with one attached hydrogen (secondary N) is 2. The number of rotatable bonds is 9. The minimum Gasteiger partial charge on any atom is -0.371 e. The van der Waals surface area contributed by atoms with Gasteiger partial charge in [0.1, 0.15) is 0 Å². The van der Waals surface area contributed by atoms with Gasteiger partial charge in [-0.25, -0.2) is 0 Å². The van der Waals surface area contributed by atoms with Crippen LogP contribution in [0.3, 0.4) is 0 Å². The number of nitrogens with zero attached hydrogens (tertiary/aromatic N) is 2. The zero-order valence-electron chi connectivity index (χ0n) is 17.3. The van der Waals surface area contributed by atoms with Gasteiger partial charge in [0, 0.05) is 37.9 Å². The van der Waals surface area contributed by atoms with E-state index in [1.165, 1.54) is 5.69 Å². The Labute approximate surface area is 172 Å². The maximum atomic E-state index is 12.5. The van der Waals surface area contributed by atoms with Crippen LogP contribution in [-0.4, -0.2) is 45.0 Å². The van der Waals surface area contributed by atoms with E-state index >= 15 is 0 Å². The van der Waals surface area contributed by atoms with E-state index in [0.717, 1.165) is 38.0 Å². The van der Waals surface area contributed by atoms with Crippen LogP contribution in [0.2, 0.25) is 0 Å². The van der Waals surface area contributed by atoms with Gasteiger partial charge in [-0.1, -0.05) is 31.5 Å². The Morgan fingerprint density at radius 1 is 1.14 bits per heavy atom. The summed E-state index contributed by atoms with van der Waals surface area (Å²) in [4.78, 5) is 28.5. The Bertz CT molecular complexity index is 838. The standard InChI is InChI=1S/C23H30N4O2/c1-3-4-14-27(19-9-6-5-7-10-19)15-8-13-24-23(29)18-11-12-21-20(16-18)25-22(28)17-26(21)2/h5-7,9-12,16H,3-4,8,13-15,17H2,1-2H3,(H,24,29)(H,25,28). The van der Waals surface area contributed by atoms with E-state index in [-0.39, 0.29) is 11.8 Å². The van der Waals surface area contributed by atoms with Crippen molar-refractivity contribution in [2.75, 3.05) is 48.3 Å². The molecule has 1 heterocycles. The van der Waals surface area contributed by atoms with Crippen molar-refractivity contribution in [1.82, 2.24) is 5.32 Å². The number of unbranched alkanes of at least 4 members (excludes halogenated alkanes) is 1. The van der Waals surface area contributed by atoms with Crippen LogP contribution in [0.4, 0.5) is 17.1 Å². The first kappa shape index (κ1) is 20.7. The van der Waals surface area contributed by atoms with Crippen molar-refractivity contribution in [3.8, 4) is 0 Å². The number of benzene rings is 2. The number of anilines is 3. The number of fused-ring (bicyclic) bond motifs is 1. The monoisotopic (exact) mass is 394 g/mol. The van der Waals surface area contributed by atoms with E-state index in [1.807, 2.05) is 24.1 Å². The summed E-state index contributed by atoms with van der Waals surface area (Å²) in [6.07, 6.45) is 3.18. The summed E-state index contributed by atoms with van der Waals surface area (Å²) < 4.78 is 0. The molecule has 2 N–H and O–H groups in total. The van der Waals surface area contributed by atoms with Gasteiger partial charge in [-0.3, -0.25) is 9.59 Å². The molecule has 0 saturated carbocycles. The first-order chi connectivity index (χ1) is 14.1. The summed E-state index contributed by atoms with van der Waals surface area (Å²) in [7, 11) is 1.87. The lowest BCUT2D eigenvalue weighted by atomic mass is 10.1. The molecule has 2 aromatic carbocycles. The number of likely N-dealkylation sites (N-methyl/N-ethyl adjacent to an activating group) is 1. The van der Waals surface area contributed by atoms with Crippen molar-refractivity contribution in [3.05, 3.63) is 54.1 Å². The summed E-state index contributed by atoms with van der Waals surface area (Å²) in [6.45, 7) is 5.05. The molecule has 2 aromatic rings. The first-order valence-corrected chi connectivity index (χ1v) is 10.3. The van der Waals surface area contributed by atoms with Gasteiger partial charge in [0.25, 0.3) is 5.91 Å². The third kappa shape index (κ3) is 5.50. The molecular formula is C23H30N4O2. The highest BCUT2D eigenvalue weighted by molar-refractivity contribution is 6.03. The predicted molar refractivity (Wildman–Crippen MR) is 119 cm³/mol. The molecule has 29 heavy (non-hydrogen) atoms. The zero-order valence-corrected chi connectivity index (χ0v) is 17.3. The van der Waals surface area contributed by atoms with Gasteiger partial charge in [-0.2, -0.15) is 0 Å². The maximum absolute atomic E-state index is 12.5. The SMILES string of the molecule is CCCCN(CCCNC(=O)c1ccc2c(c1)NC(=O)CN2C)c1ccccc1. The van der Waals surface area contributed by atoms with Crippen molar-refractivity contribution >= 4 is 28.9 Å². The second-order valence-corrected chi connectivity index (χ2v) is 7.42. The molecule has 0 saturated heterocycles. The quantitative estimate of drug-likeness (QED) is 0.639. The molecule has 0 aromatic heterocycles. The molecule has 1 aliphatic rings. The molecule has 6 heteroatoms. The fraction of sp³-hybridized carbons (Fsp3) is 0.391. The molecule has 0 bridgehead atoms. The molecule has 154 valence electrons. The lowest BCUT2D eigenvalue weighted by Gasteiger charge is -2.27. The predicted octanol–water partition coefficient (Wildman–Crippen LogP) is 3.50. The molecule has 3 rings (SSSR count). The highest BCUT2D eigenvalue weighted by atomic mass is 16.2. The van der Waals surface area contributed by atoms with Crippen molar-refractivity contribution in [3.63, 3.8) is 0 Å². The van der Waals surface area contributed by atoms with Crippen LogP contribution in [0, 0.1) is 0 Å². The lowest BCUT2D eigenvalue weighted by Crippen LogP contribution is -2.35. The van der Waals surface area contributed by atoms with E-state index in [1.54, 1.807) is 12.1 Å². The second kappa shape index (κ2) is 9.96. The van der Waals surface area contributed by atoms with Crippen LogP contribution in [0.25, 0.3) is 0 Å². The van der Waals surface area contributed by atoms with Gasteiger partial charge in [-0.05, 0) is 43.2 Å². The Kier molecular flexibility index (Phi) is 7.11. The number of para-hydroxylation sites is 1. The fourth-order valence-electron chi connectivity index (χ4n) is 3.53. The topological polar surface area (TPSA) is 64.7 Å². The van der Waals surface area contributed by atoms with Crippen molar-refractivity contribution in [2.45, 2.75) is 26.2 Å². The number of carbonyl (C=O) groups is 2. The number of hydrogen-bond acceptors (Lipinski definition) is 4. The van der Waals surface area contributed by atoms with Crippen LogP contribution in [-0.2, 0) is 4.79 Å². The Morgan fingerprint density at radius 2 is 1.90 bits per heavy atom. The largest absolute Gasteiger partial charge is 0.371 e. The number of carbonyl (C=O) groups excluding carboxylic acids is 2. The van der Waals surface area contributed by atoms with Crippen LogP contribution in [0.1, 0.15) is 36.5 Å². The van der Waals surface area contributed by atoms with Crippen molar-refractivity contribution in [2.24, 2.45) is 0 Å². The van der Waals surface area contributed by atoms with Crippen LogP contribution in [0.15, 0.2) is 48.5 Å². The molecule has 0 aliphatic carbocycles. The minimum atomic E-state index is -0.116. The lowest BCUT2D eigenvalue weighted by molar-refractivity contribution is -0.115. The van der Waals surface area contributed by atoms with Crippen molar-refractivity contribution < 1.29 is 9.59 Å². The fourth-order valence-corrected chi connectivity index (χ4v) is 3.53. The maximum Gasteiger partial charge on any atom is 0.251 e. The van der Waals surface area contributed by atoms with Gasteiger partial charge < -0.3 is 20.4 Å². The molecule has 2 amide bonds. The summed E-state index contributed by atoms with van der Waals surface area (Å²) in [6, 6.07) is 15.8. The third-order valence-corrected chi connectivity index (χ3v) is 5.12. The minimum absolute atomic E-state index is 0.0642. The molecule has 0 fully saturated rings. The van der Waals surface area contributed by atoms with Crippen LogP contribution >= 0.6 is 0 Å². The average molecular weight is 395 g/mol. The zero-order chi connectivity index (χ0) is 20.6. The highest BCUT2D eigenvalue weighted by Gasteiger charge is 2.20. The Balaban J connectivity index is 1.53. The Morgan fingerprint density at radius 3 is 2.66 bits per heavy atom. The molecule has 1 aliphatic heterocycles. The van der Waals surface area contributed by atoms with Gasteiger partial charge in [-0.15, -0.1) is 0 Å². The number of hydrogen-bond donors (Lipinski definition) is 2. The summed E-state index contributed by atoms with van der Waals surface area (Å²) in [5, 5.41) is 5.84. The van der Waals surface area contributed by atoms with E-state index in [0.29, 0.717) is 24.3 Å². The number of amides is 2. The summed E-state index contributed by atoms with van der Waals surface area (Å²) >= 11 is 0. The summed E-state index contributed by atoms with van der Waals surface area (Å²) in [5.74, 6) is -0.180. The normalized spacial score (nSPS) is 12.9. The van der Waals surface area contributed by atoms with Gasteiger partial charge in [0.05, 0.1) is 17.9 Å². The molecular weight excluding hydrogens is 364 g/mol.